The molecule has 4 aromatic rings. The molecule has 1 aromatic heterocycles. The molecule has 1 heterocycles. The van der Waals surface area contributed by atoms with Crippen molar-refractivity contribution >= 4 is 23.2 Å². The van der Waals surface area contributed by atoms with E-state index in [1.807, 2.05) is 42.5 Å². The third kappa shape index (κ3) is 4.82. The SMILES string of the molecule is O=C(Nc1cc(F)ccc1NC(=O)c1ccccn1)c1ccc(-c2ccccc2)cc1. The molecule has 4 rings (SSSR count). The van der Waals surface area contributed by atoms with E-state index in [1.165, 1.54) is 18.3 Å². The molecule has 0 unspecified atom stereocenters. The maximum absolute atomic E-state index is 13.8. The highest BCUT2D eigenvalue weighted by atomic mass is 19.1. The lowest BCUT2D eigenvalue weighted by atomic mass is 10.0. The third-order valence-electron chi connectivity index (χ3n) is 4.63. The molecular weight excluding hydrogens is 393 g/mol. The van der Waals surface area contributed by atoms with Crippen molar-refractivity contribution < 1.29 is 14.0 Å². The Labute approximate surface area is 178 Å². The minimum absolute atomic E-state index is 0.154. The molecule has 6 heteroatoms. The molecule has 0 bridgehead atoms. The largest absolute Gasteiger partial charge is 0.320 e. The van der Waals surface area contributed by atoms with Gasteiger partial charge in [-0.1, -0.05) is 48.5 Å². The number of nitrogens with one attached hydrogen (secondary N) is 2. The normalized spacial score (nSPS) is 10.4. The minimum atomic E-state index is -0.537. The average Bonchev–Trinajstić information content (AvgIpc) is 2.82. The maximum Gasteiger partial charge on any atom is 0.274 e. The zero-order valence-corrected chi connectivity index (χ0v) is 16.4. The summed E-state index contributed by atoms with van der Waals surface area (Å²) in [4.78, 5) is 29.1. The van der Waals surface area contributed by atoms with Crippen molar-refractivity contribution in [1.29, 1.82) is 0 Å². The summed E-state index contributed by atoms with van der Waals surface area (Å²) in [7, 11) is 0. The molecule has 0 atom stereocenters. The van der Waals surface area contributed by atoms with Crippen LogP contribution < -0.4 is 10.6 Å². The topological polar surface area (TPSA) is 71.1 Å². The van der Waals surface area contributed by atoms with Gasteiger partial charge in [0.2, 0.25) is 0 Å². The molecule has 2 N–H and O–H groups in total. The van der Waals surface area contributed by atoms with Crippen LogP contribution in [0.4, 0.5) is 15.8 Å². The Morgan fingerprint density at radius 2 is 1.35 bits per heavy atom. The molecule has 0 aliphatic heterocycles. The highest BCUT2D eigenvalue weighted by molar-refractivity contribution is 6.09. The number of hydrogen-bond acceptors (Lipinski definition) is 3. The van der Waals surface area contributed by atoms with Gasteiger partial charge in [0.05, 0.1) is 11.4 Å². The molecule has 0 aliphatic carbocycles. The van der Waals surface area contributed by atoms with Crippen LogP contribution in [-0.2, 0) is 0 Å². The predicted octanol–water partition coefficient (Wildman–Crippen LogP) is 5.39. The Balaban J connectivity index is 1.53. The lowest BCUT2D eigenvalue weighted by Gasteiger charge is -2.13. The fourth-order valence-electron chi connectivity index (χ4n) is 3.05. The molecule has 0 saturated heterocycles. The monoisotopic (exact) mass is 411 g/mol. The van der Waals surface area contributed by atoms with Crippen LogP contribution in [0, 0.1) is 5.82 Å². The van der Waals surface area contributed by atoms with Gasteiger partial charge in [-0.25, -0.2) is 4.39 Å². The molecule has 152 valence electrons. The van der Waals surface area contributed by atoms with Crippen molar-refractivity contribution in [3.63, 3.8) is 0 Å². The van der Waals surface area contributed by atoms with Gasteiger partial charge in [0, 0.05) is 11.8 Å². The van der Waals surface area contributed by atoms with E-state index in [4.69, 9.17) is 0 Å². The van der Waals surface area contributed by atoms with Gasteiger partial charge >= 0.3 is 0 Å². The summed E-state index contributed by atoms with van der Waals surface area (Å²) in [5, 5.41) is 5.33. The van der Waals surface area contributed by atoms with Crippen molar-refractivity contribution in [3.05, 3.63) is 114 Å². The van der Waals surface area contributed by atoms with Gasteiger partial charge in [0.15, 0.2) is 0 Å². The van der Waals surface area contributed by atoms with Crippen molar-refractivity contribution in [1.82, 2.24) is 4.98 Å². The van der Waals surface area contributed by atoms with Gasteiger partial charge in [0.25, 0.3) is 11.8 Å². The maximum atomic E-state index is 13.8. The van der Waals surface area contributed by atoms with Crippen LogP contribution in [0.25, 0.3) is 11.1 Å². The van der Waals surface area contributed by atoms with E-state index < -0.39 is 17.6 Å². The number of pyridine rings is 1. The van der Waals surface area contributed by atoms with Crippen LogP contribution in [0.5, 0.6) is 0 Å². The predicted molar refractivity (Wildman–Crippen MR) is 118 cm³/mol. The Morgan fingerprint density at radius 1 is 0.677 bits per heavy atom. The van der Waals surface area contributed by atoms with Crippen LogP contribution in [0.3, 0.4) is 0 Å². The van der Waals surface area contributed by atoms with E-state index in [0.717, 1.165) is 17.2 Å². The first-order valence-electron chi connectivity index (χ1n) is 9.59. The Morgan fingerprint density at radius 3 is 2.06 bits per heavy atom. The second kappa shape index (κ2) is 9.00. The zero-order valence-electron chi connectivity index (χ0n) is 16.4. The Bertz CT molecular complexity index is 1210. The first-order chi connectivity index (χ1) is 15.1. The summed E-state index contributed by atoms with van der Waals surface area (Å²) < 4.78 is 13.8. The zero-order chi connectivity index (χ0) is 21.6. The van der Waals surface area contributed by atoms with E-state index in [1.54, 1.807) is 30.3 Å². The van der Waals surface area contributed by atoms with Crippen LogP contribution in [0.1, 0.15) is 20.8 Å². The highest BCUT2D eigenvalue weighted by Crippen LogP contribution is 2.25. The van der Waals surface area contributed by atoms with Gasteiger partial charge in [-0.15, -0.1) is 0 Å². The summed E-state index contributed by atoms with van der Waals surface area (Å²) in [5.74, 6) is -1.42. The van der Waals surface area contributed by atoms with E-state index in [-0.39, 0.29) is 17.1 Å². The second-order valence-corrected chi connectivity index (χ2v) is 6.76. The molecule has 0 aliphatic rings. The highest BCUT2D eigenvalue weighted by Gasteiger charge is 2.14. The van der Waals surface area contributed by atoms with Crippen LogP contribution in [0.15, 0.2) is 97.2 Å². The van der Waals surface area contributed by atoms with E-state index in [9.17, 15) is 14.0 Å². The van der Waals surface area contributed by atoms with E-state index in [2.05, 4.69) is 15.6 Å². The molecule has 0 radical (unpaired) electrons. The second-order valence-electron chi connectivity index (χ2n) is 6.76. The number of aromatic nitrogens is 1. The molecule has 3 aromatic carbocycles. The number of halogens is 1. The van der Waals surface area contributed by atoms with Crippen molar-refractivity contribution in [2.24, 2.45) is 0 Å². The lowest BCUT2D eigenvalue weighted by molar-refractivity contribution is 0.101. The average molecular weight is 411 g/mol. The quantitative estimate of drug-likeness (QED) is 0.462. The number of carbonyl (C=O) groups excluding carboxylic acids is 2. The number of hydrogen-bond donors (Lipinski definition) is 2. The Kier molecular flexibility index (Phi) is 5.80. The fraction of sp³-hybridized carbons (Fsp3) is 0. The number of carbonyl (C=O) groups is 2. The number of amides is 2. The van der Waals surface area contributed by atoms with Gasteiger partial charge in [-0.05, 0) is 53.6 Å². The van der Waals surface area contributed by atoms with Crippen LogP contribution >= 0.6 is 0 Å². The number of rotatable bonds is 5. The summed E-state index contributed by atoms with van der Waals surface area (Å²) in [6.07, 6.45) is 1.50. The van der Waals surface area contributed by atoms with Crippen LogP contribution in [0.2, 0.25) is 0 Å². The smallest absolute Gasteiger partial charge is 0.274 e. The molecule has 31 heavy (non-hydrogen) atoms. The molecule has 2 amide bonds. The summed E-state index contributed by atoms with van der Waals surface area (Å²) in [6, 6.07) is 25.6. The molecule has 0 spiro atoms. The number of benzene rings is 3. The molecule has 0 saturated carbocycles. The molecule has 0 fully saturated rings. The van der Waals surface area contributed by atoms with Crippen LogP contribution in [-0.4, -0.2) is 16.8 Å². The molecular formula is C25H18FN3O2. The lowest BCUT2D eigenvalue weighted by Crippen LogP contribution is -2.17. The van der Waals surface area contributed by atoms with E-state index in [0.29, 0.717) is 5.56 Å². The van der Waals surface area contributed by atoms with Gasteiger partial charge in [-0.2, -0.15) is 0 Å². The first kappa shape index (κ1) is 20.0. The minimum Gasteiger partial charge on any atom is -0.320 e. The Hall–Kier alpha value is -4.32. The number of anilines is 2. The summed E-state index contributed by atoms with van der Waals surface area (Å²) >= 11 is 0. The fourth-order valence-corrected chi connectivity index (χ4v) is 3.05. The van der Waals surface area contributed by atoms with Crippen molar-refractivity contribution in [2.75, 3.05) is 10.6 Å². The number of nitrogens with zero attached hydrogens (tertiary/aromatic N) is 1. The third-order valence-corrected chi connectivity index (χ3v) is 4.63. The van der Waals surface area contributed by atoms with Gasteiger partial charge < -0.3 is 10.6 Å². The first-order valence-corrected chi connectivity index (χ1v) is 9.59. The van der Waals surface area contributed by atoms with Gasteiger partial charge in [0.1, 0.15) is 11.5 Å². The van der Waals surface area contributed by atoms with Crippen molar-refractivity contribution in [2.45, 2.75) is 0 Å². The summed E-state index contributed by atoms with van der Waals surface area (Å²) in [5.41, 5.74) is 3.06. The molecule has 5 nitrogen and oxygen atoms in total. The summed E-state index contributed by atoms with van der Waals surface area (Å²) in [6.45, 7) is 0. The van der Waals surface area contributed by atoms with Gasteiger partial charge in [-0.3, -0.25) is 14.6 Å². The standard InChI is InChI=1S/C25H18FN3O2/c26-20-13-14-21(28-25(31)22-8-4-5-15-27-22)23(16-20)29-24(30)19-11-9-18(10-12-19)17-6-2-1-3-7-17/h1-16H,(H,28,31)(H,29,30). The van der Waals surface area contributed by atoms with E-state index >= 15 is 0 Å². The van der Waals surface area contributed by atoms with Crippen molar-refractivity contribution in [3.8, 4) is 11.1 Å².